The number of carbonyl (C=O) groups excluding carboxylic acids is 3. The normalized spacial score (nSPS) is 12.4. The Bertz CT molecular complexity index is 1260. The molecule has 3 aromatic rings. The predicted octanol–water partition coefficient (Wildman–Crippen LogP) is 4.67. The van der Waals surface area contributed by atoms with E-state index in [0.29, 0.717) is 45.4 Å². The van der Waals surface area contributed by atoms with Crippen molar-refractivity contribution >= 4 is 58.0 Å². The van der Waals surface area contributed by atoms with Gasteiger partial charge < -0.3 is 10.1 Å². The van der Waals surface area contributed by atoms with Crippen molar-refractivity contribution in [3.8, 4) is 5.75 Å². The number of rotatable bonds is 5. The number of amides is 3. The van der Waals surface area contributed by atoms with E-state index in [4.69, 9.17) is 28.6 Å². The van der Waals surface area contributed by atoms with E-state index in [1.165, 1.54) is 0 Å². The van der Waals surface area contributed by atoms with Crippen molar-refractivity contribution < 1.29 is 19.1 Å². The van der Waals surface area contributed by atoms with Crippen LogP contribution in [-0.2, 0) is 0 Å². The van der Waals surface area contributed by atoms with Crippen LogP contribution < -0.4 is 20.3 Å². The van der Waals surface area contributed by atoms with Crippen LogP contribution in [0.3, 0.4) is 0 Å². The SMILES string of the molecule is CCOc1cc(NC(=S)NC(=O)c2ccccc2Cl)ccc1N1C(=O)c2ccccc2C1=O. The highest BCUT2D eigenvalue weighted by atomic mass is 35.5. The number of hydrogen-bond acceptors (Lipinski definition) is 5. The van der Waals surface area contributed by atoms with Crippen molar-refractivity contribution in [2.24, 2.45) is 0 Å². The van der Waals surface area contributed by atoms with E-state index in [1.54, 1.807) is 73.7 Å². The second-order valence-corrected chi connectivity index (χ2v) is 7.81. The molecule has 166 valence electrons. The van der Waals surface area contributed by atoms with E-state index >= 15 is 0 Å². The minimum atomic E-state index is -0.453. The van der Waals surface area contributed by atoms with Gasteiger partial charge in [0.1, 0.15) is 5.75 Å². The molecule has 1 aliphatic rings. The molecular weight excluding hydrogens is 462 g/mol. The van der Waals surface area contributed by atoms with E-state index in [1.807, 2.05) is 0 Å². The molecule has 9 heteroatoms. The number of hydrogen-bond donors (Lipinski definition) is 2. The lowest BCUT2D eigenvalue weighted by atomic mass is 10.1. The van der Waals surface area contributed by atoms with Crippen LogP contribution in [0, 0.1) is 0 Å². The Hall–Kier alpha value is -3.75. The van der Waals surface area contributed by atoms with Crippen LogP contribution in [0.15, 0.2) is 66.7 Å². The molecule has 0 bridgehead atoms. The van der Waals surface area contributed by atoms with Crippen molar-refractivity contribution in [2.75, 3.05) is 16.8 Å². The molecule has 0 aromatic heterocycles. The first kappa shape index (κ1) is 22.4. The van der Waals surface area contributed by atoms with Crippen LogP contribution in [-0.4, -0.2) is 29.4 Å². The Kier molecular flexibility index (Phi) is 6.39. The summed E-state index contributed by atoms with van der Waals surface area (Å²) >= 11 is 11.3. The van der Waals surface area contributed by atoms with Crippen molar-refractivity contribution in [3.63, 3.8) is 0 Å². The summed E-state index contributed by atoms with van der Waals surface area (Å²) in [5, 5.41) is 5.84. The Morgan fingerprint density at radius 2 is 1.64 bits per heavy atom. The molecule has 7 nitrogen and oxygen atoms in total. The number of benzene rings is 3. The molecule has 0 unspecified atom stereocenters. The van der Waals surface area contributed by atoms with E-state index in [9.17, 15) is 14.4 Å². The largest absolute Gasteiger partial charge is 0.492 e. The van der Waals surface area contributed by atoms with Gasteiger partial charge in [-0.15, -0.1) is 0 Å². The van der Waals surface area contributed by atoms with Crippen molar-refractivity contribution in [1.82, 2.24) is 5.32 Å². The fourth-order valence-electron chi connectivity index (χ4n) is 3.43. The minimum absolute atomic E-state index is 0.0517. The molecular formula is C24H18ClN3O4S. The highest BCUT2D eigenvalue weighted by Crippen LogP contribution is 2.36. The summed E-state index contributed by atoms with van der Waals surface area (Å²) in [5.74, 6) is -0.970. The maximum Gasteiger partial charge on any atom is 0.266 e. The number of halogens is 1. The van der Waals surface area contributed by atoms with E-state index < -0.39 is 17.7 Å². The third-order valence-electron chi connectivity index (χ3n) is 4.90. The molecule has 0 fully saturated rings. The summed E-state index contributed by atoms with van der Waals surface area (Å²) in [5.41, 5.74) is 1.80. The molecule has 1 aliphatic heterocycles. The summed E-state index contributed by atoms with van der Waals surface area (Å²) in [6.07, 6.45) is 0. The Balaban J connectivity index is 1.55. The van der Waals surface area contributed by atoms with Gasteiger partial charge in [0.05, 0.1) is 34.0 Å². The van der Waals surface area contributed by atoms with Gasteiger partial charge in [0, 0.05) is 11.8 Å². The van der Waals surface area contributed by atoms with Crippen molar-refractivity contribution in [1.29, 1.82) is 0 Å². The van der Waals surface area contributed by atoms with E-state index in [-0.39, 0.29) is 5.11 Å². The van der Waals surface area contributed by atoms with Gasteiger partial charge in [-0.2, -0.15) is 0 Å². The van der Waals surface area contributed by atoms with Crippen molar-refractivity contribution in [2.45, 2.75) is 6.92 Å². The summed E-state index contributed by atoms with van der Waals surface area (Å²) < 4.78 is 5.70. The highest BCUT2D eigenvalue weighted by Gasteiger charge is 2.37. The molecule has 0 atom stereocenters. The Morgan fingerprint density at radius 3 is 2.27 bits per heavy atom. The van der Waals surface area contributed by atoms with Crippen LogP contribution in [0.5, 0.6) is 5.75 Å². The number of ether oxygens (including phenoxy) is 1. The van der Waals surface area contributed by atoms with Gasteiger partial charge in [0.2, 0.25) is 0 Å². The number of imide groups is 1. The van der Waals surface area contributed by atoms with Gasteiger partial charge in [-0.3, -0.25) is 19.7 Å². The standard InChI is InChI=1S/C24H18ClN3O4S/c1-2-32-20-13-14(26-24(33)27-21(29)17-9-5-6-10-18(17)25)11-12-19(20)28-22(30)15-7-3-4-8-16(15)23(28)31/h3-13H,2H2,1H3,(H2,26,27,29,33). The highest BCUT2D eigenvalue weighted by molar-refractivity contribution is 7.80. The number of anilines is 2. The van der Waals surface area contributed by atoms with Gasteiger partial charge in [-0.25, -0.2) is 4.90 Å². The molecule has 0 saturated heterocycles. The van der Waals surface area contributed by atoms with E-state index in [2.05, 4.69) is 10.6 Å². The van der Waals surface area contributed by atoms with Crippen LogP contribution in [0.4, 0.5) is 11.4 Å². The molecule has 3 amide bonds. The first-order chi connectivity index (χ1) is 15.9. The van der Waals surface area contributed by atoms with Gasteiger partial charge in [0.25, 0.3) is 17.7 Å². The van der Waals surface area contributed by atoms with Crippen molar-refractivity contribution in [3.05, 3.63) is 88.4 Å². The summed E-state index contributed by atoms with van der Waals surface area (Å²) in [4.78, 5) is 39.2. The third kappa shape index (κ3) is 4.44. The lowest BCUT2D eigenvalue weighted by molar-refractivity contribution is 0.0922. The lowest BCUT2D eigenvalue weighted by Gasteiger charge is -2.19. The lowest BCUT2D eigenvalue weighted by Crippen LogP contribution is -2.34. The molecule has 0 aliphatic carbocycles. The first-order valence-corrected chi connectivity index (χ1v) is 10.8. The fourth-order valence-corrected chi connectivity index (χ4v) is 3.87. The zero-order valence-corrected chi connectivity index (χ0v) is 19.0. The molecule has 3 aromatic carbocycles. The van der Waals surface area contributed by atoms with Gasteiger partial charge in [0.15, 0.2) is 5.11 Å². The average Bonchev–Trinajstić information content (AvgIpc) is 3.05. The van der Waals surface area contributed by atoms with Crippen LogP contribution in [0.25, 0.3) is 0 Å². The molecule has 33 heavy (non-hydrogen) atoms. The second-order valence-electron chi connectivity index (χ2n) is 6.99. The molecule has 0 radical (unpaired) electrons. The number of nitrogens with one attached hydrogen (secondary N) is 2. The molecule has 0 saturated carbocycles. The maximum absolute atomic E-state index is 12.9. The monoisotopic (exact) mass is 479 g/mol. The predicted molar refractivity (Wildman–Crippen MR) is 130 cm³/mol. The van der Waals surface area contributed by atoms with Gasteiger partial charge in [-0.05, 0) is 55.5 Å². The summed E-state index contributed by atoms with van der Waals surface area (Å²) in [6.45, 7) is 2.11. The first-order valence-electron chi connectivity index (χ1n) is 10.0. The van der Waals surface area contributed by atoms with E-state index in [0.717, 1.165) is 4.90 Å². The van der Waals surface area contributed by atoms with Crippen LogP contribution in [0.2, 0.25) is 5.02 Å². The molecule has 1 heterocycles. The quantitative estimate of drug-likeness (QED) is 0.408. The molecule has 0 spiro atoms. The topological polar surface area (TPSA) is 87.7 Å². The maximum atomic E-state index is 12.9. The zero-order chi connectivity index (χ0) is 23.5. The Labute approximate surface area is 200 Å². The van der Waals surface area contributed by atoms with Gasteiger partial charge in [-0.1, -0.05) is 35.9 Å². The molecule has 4 rings (SSSR count). The van der Waals surface area contributed by atoms with Gasteiger partial charge >= 0.3 is 0 Å². The second kappa shape index (κ2) is 9.40. The number of thiocarbonyl (C=S) groups is 1. The van der Waals surface area contributed by atoms with Crippen LogP contribution >= 0.6 is 23.8 Å². The van der Waals surface area contributed by atoms with Crippen LogP contribution in [0.1, 0.15) is 38.0 Å². The summed E-state index contributed by atoms with van der Waals surface area (Å²) in [7, 11) is 0. The zero-order valence-electron chi connectivity index (χ0n) is 17.4. The number of nitrogens with zero attached hydrogens (tertiary/aromatic N) is 1. The third-order valence-corrected chi connectivity index (χ3v) is 5.43. The number of carbonyl (C=O) groups is 3. The summed E-state index contributed by atoms with van der Waals surface area (Å²) in [6, 6.07) is 18.1. The average molecular weight is 480 g/mol. The number of fused-ring (bicyclic) bond motifs is 1. The fraction of sp³-hybridized carbons (Fsp3) is 0.0833. The smallest absolute Gasteiger partial charge is 0.266 e. The minimum Gasteiger partial charge on any atom is -0.492 e. The molecule has 2 N–H and O–H groups in total. The Morgan fingerprint density at radius 1 is 1.00 bits per heavy atom.